The summed E-state index contributed by atoms with van der Waals surface area (Å²) < 4.78 is 12.0. The fourth-order valence-corrected chi connectivity index (χ4v) is 2.46. The molecule has 0 aliphatic heterocycles. The van der Waals surface area contributed by atoms with E-state index in [1.807, 2.05) is 19.2 Å². The average molecular weight is 372 g/mol. The molecule has 0 spiro atoms. The number of rotatable bonds is 7. The Morgan fingerprint density at radius 1 is 1.36 bits per heavy atom. The maximum atomic E-state index is 12.6. The zero-order chi connectivity index (χ0) is 16.9. The third-order valence-corrected chi connectivity index (χ3v) is 4.05. The van der Waals surface area contributed by atoms with Crippen LogP contribution in [0.15, 0.2) is 22.7 Å². The van der Waals surface area contributed by atoms with Gasteiger partial charge in [-0.1, -0.05) is 13.8 Å². The third kappa shape index (κ3) is 5.20. The highest BCUT2D eigenvalue weighted by Gasteiger charge is 2.32. The van der Waals surface area contributed by atoms with Crippen molar-refractivity contribution >= 4 is 21.8 Å². The van der Waals surface area contributed by atoms with Crippen LogP contribution in [-0.4, -0.2) is 37.1 Å². The van der Waals surface area contributed by atoms with Crippen molar-refractivity contribution < 1.29 is 14.3 Å². The number of hydrogen-bond donors (Lipinski definition) is 0. The molecule has 124 valence electrons. The van der Waals surface area contributed by atoms with Crippen molar-refractivity contribution in [3.05, 3.63) is 22.7 Å². The lowest BCUT2D eigenvalue weighted by Crippen LogP contribution is -2.47. The molecule has 4 nitrogen and oxygen atoms in total. The highest BCUT2D eigenvalue weighted by Crippen LogP contribution is 2.31. The molecule has 0 atom stereocenters. The number of carbonyl (C=O) groups is 1. The van der Waals surface area contributed by atoms with Crippen LogP contribution in [0.5, 0.6) is 11.5 Å². The fraction of sp³-hybridized carbons (Fsp3) is 0.588. The number of benzene rings is 1. The van der Waals surface area contributed by atoms with E-state index in [4.69, 9.17) is 9.47 Å². The summed E-state index contributed by atoms with van der Waals surface area (Å²) in [7, 11) is 3.41. The van der Waals surface area contributed by atoms with Crippen molar-refractivity contribution in [3.8, 4) is 11.5 Å². The van der Waals surface area contributed by atoms with Crippen LogP contribution in [0.1, 0.15) is 34.1 Å². The van der Waals surface area contributed by atoms with Gasteiger partial charge in [0.2, 0.25) is 0 Å². The summed E-state index contributed by atoms with van der Waals surface area (Å²) in [6.45, 7) is 8.60. The average Bonchev–Trinajstić information content (AvgIpc) is 2.45. The van der Waals surface area contributed by atoms with E-state index in [9.17, 15) is 4.79 Å². The van der Waals surface area contributed by atoms with E-state index in [0.29, 0.717) is 17.4 Å². The summed E-state index contributed by atoms with van der Waals surface area (Å²) in [5.74, 6) is 1.81. The molecule has 0 aliphatic rings. The first-order valence-electron chi connectivity index (χ1n) is 7.45. The molecule has 22 heavy (non-hydrogen) atoms. The van der Waals surface area contributed by atoms with E-state index in [1.54, 1.807) is 31.9 Å². The van der Waals surface area contributed by atoms with Gasteiger partial charge in [0.15, 0.2) is 5.60 Å². The van der Waals surface area contributed by atoms with Crippen LogP contribution in [0.2, 0.25) is 0 Å². The Bertz CT molecular complexity index is 515. The van der Waals surface area contributed by atoms with E-state index >= 15 is 0 Å². The second kappa shape index (κ2) is 7.86. The van der Waals surface area contributed by atoms with Crippen molar-refractivity contribution in [1.82, 2.24) is 4.90 Å². The smallest absolute Gasteiger partial charge is 0.265 e. The maximum absolute atomic E-state index is 12.6. The van der Waals surface area contributed by atoms with Gasteiger partial charge in [-0.05, 0) is 54.2 Å². The molecule has 0 fully saturated rings. The first-order valence-corrected chi connectivity index (χ1v) is 8.24. The summed E-state index contributed by atoms with van der Waals surface area (Å²) in [4.78, 5) is 14.3. The predicted molar refractivity (Wildman–Crippen MR) is 92.5 cm³/mol. The molecule has 0 saturated heterocycles. The van der Waals surface area contributed by atoms with Crippen molar-refractivity contribution in [2.24, 2.45) is 5.92 Å². The molecule has 1 aromatic carbocycles. The number of methoxy groups -OCH3 is 1. The number of ether oxygens (including phenoxy) is 2. The second-order valence-electron chi connectivity index (χ2n) is 6.32. The SMILES string of the molecule is COc1cc(OC(C)(C)C(=O)N(C)CCC(C)C)ccc1Br. The van der Waals surface area contributed by atoms with Crippen LogP contribution in [-0.2, 0) is 4.79 Å². The Morgan fingerprint density at radius 3 is 2.55 bits per heavy atom. The molecule has 1 amide bonds. The predicted octanol–water partition coefficient (Wildman–Crippen LogP) is 4.12. The van der Waals surface area contributed by atoms with E-state index < -0.39 is 5.60 Å². The molecule has 0 bridgehead atoms. The van der Waals surface area contributed by atoms with Crippen LogP contribution < -0.4 is 9.47 Å². The second-order valence-corrected chi connectivity index (χ2v) is 7.17. The molecular weight excluding hydrogens is 346 g/mol. The van der Waals surface area contributed by atoms with Gasteiger partial charge in [-0.15, -0.1) is 0 Å². The first kappa shape index (κ1) is 18.8. The molecule has 0 aromatic heterocycles. The fourth-order valence-electron chi connectivity index (χ4n) is 2.05. The summed E-state index contributed by atoms with van der Waals surface area (Å²) in [5, 5.41) is 0. The van der Waals surface area contributed by atoms with E-state index in [2.05, 4.69) is 29.8 Å². The van der Waals surface area contributed by atoms with Crippen LogP contribution in [0.4, 0.5) is 0 Å². The van der Waals surface area contributed by atoms with Crippen molar-refractivity contribution in [3.63, 3.8) is 0 Å². The molecule has 5 heteroatoms. The van der Waals surface area contributed by atoms with Gasteiger partial charge in [0.25, 0.3) is 5.91 Å². The Hall–Kier alpha value is -1.23. The van der Waals surface area contributed by atoms with Gasteiger partial charge in [0, 0.05) is 19.7 Å². The van der Waals surface area contributed by atoms with Crippen molar-refractivity contribution in [2.45, 2.75) is 39.7 Å². The number of hydrogen-bond acceptors (Lipinski definition) is 3. The zero-order valence-corrected chi connectivity index (χ0v) is 15.9. The summed E-state index contributed by atoms with van der Waals surface area (Å²) >= 11 is 3.40. The Morgan fingerprint density at radius 2 is 2.00 bits per heavy atom. The number of halogens is 1. The number of nitrogens with zero attached hydrogens (tertiary/aromatic N) is 1. The summed E-state index contributed by atoms with van der Waals surface area (Å²) in [6.07, 6.45) is 0.977. The normalized spacial score (nSPS) is 11.5. The Labute approximate surface area is 141 Å². The number of likely N-dealkylation sites (N-methyl/N-ethyl adjacent to an activating group) is 1. The summed E-state index contributed by atoms with van der Waals surface area (Å²) in [6, 6.07) is 5.43. The van der Waals surface area contributed by atoms with Gasteiger partial charge in [0.1, 0.15) is 11.5 Å². The van der Waals surface area contributed by atoms with Gasteiger partial charge in [-0.25, -0.2) is 0 Å². The largest absolute Gasteiger partial charge is 0.495 e. The standard InChI is InChI=1S/C17H26BrNO3/c1-12(2)9-10-19(5)16(20)17(3,4)22-13-7-8-14(18)15(11-13)21-6/h7-8,11-12H,9-10H2,1-6H3. The minimum atomic E-state index is -0.926. The van der Waals surface area contributed by atoms with E-state index in [1.165, 1.54) is 0 Å². The maximum Gasteiger partial charge on any atom is 0.265 e. The van der Waals surface area contributed by atoms with Crippen LogP contribution >= 0.6 is 15.9 Å². The van der Waals surface area contributed by atoms with Gasteiger partial charge < -0.3 is 14.4 Å². The molecule has 0 N–H and O–H groups in total. The molecule has 1 rings (SSSR count). The van der Waals surface area contributed by atoms with Gasteiger partial charge in [0.05, 0.1) is 11.6 Å². The highest BCUT2D eigenvalue weighted by atomic mass is 79.9. The highest BCUT2D eigenvalue weighted by molar-refractivity contribution is 9.10. The molecular formula is C17H26BrNO3. The van der Waals surface area contributed by atoms with E-state index in [0.717, 1.165) is 17.4 Å². The van der Waals surface area contributed by atoms with Crippen LogP contribution in [0, 0.1) is 5.92 Å². The van der Waals surface area contributed by atoms with Gasteiger partial charge in [-0.2, -0.15) is 0 Å². The monoisotopic (exact) mass is 371 g/mol. The zero-order valence-electron chi connectivity index (χ0n) is 14.3. The molecule has 0 radical (unpaired) electrons. The number of carbonyl (C=O) groups excluding carboxylic acids is 1. The molecule has 0 saturated carbocycles. The van der Waals surface area contributed by atoms with Crippen LogP contribution in [0.3, 0.4) is 0 Å². The van der Waals surface area contributed by atoms with E-state index in [-0.39, 0.29) is 5.91 Å². The lowest BCUT2D eigenvalue weighted by Gasteiger charge is -2.30. The minimum Gasteiger partial charge on any atom is -0.495 e. The quantitative estimate of drug-likeness (QED) is 0.723. The topological polar surface area (TPSA) is 38.8 Å². The van der Waals surface area contributed by atoms with Gasteiger partial charge in [-0.3, -0.25) is 4.79 Å². The van der Waals surface area contributed by atoms with Crippen molar-refractivity contribution in [2.75, 3.05) is 20.7 Å². The minimum absolute atomic E-state index is 0.0324. The Balaban J connectivity index is 2.79. The molecule has 0 heterocycles. The summed E-state index contributed by atoms with van der Waals surface area (Å²) in [5.41, 5.74) is -0.926. The molecule has 0 aliphatic carbocycles. The number of amides is 1. The molecule has 0 unspecified atom stereocenters. The van der Waals surface area contributed by atoms with Crippen LogP contribution in [0.25, 0.3) is 0 Å². The third-order valence-electron chi connectivity index (χ3n) is 3.40. The lowest BCUT2D eigenvalue weighted by atomic mass is 10.1. The lowest BCUT2D eigenvalue weighted by molar-refractivity contribution is -0.144. The molecule has 1 aromatic rings. The Kier molecular flexibility index (Phi) is 6.72. The van der Waals surface area contributed by atoms with Crippen molar-refractivity contribution in [1.29, 1.82) is 0 Å². The van der Waals surface area contributed by atoms with Gasteiger partial charge >= 0.3 is 0 Å². The first-order chi connectivity index (χ1) is 10.2.